The van der Waals surface area contributed by atoms with E-state index >= 15 is 0 Å². The molecule has 0 amide bonds. The van der Waals surface area contributed by atoms with E-state index < -0.39 is 0 Å². The van der Waals surface area contributed by atoms with Crippen LogP contribution in [0.3, 0.4) is 0 Å². The predicted molar refractivity (Wildman–Crippen MR) is 104 cm³/mol. The molecule has 1 nitrogen and oxygen atoms in total. The van der Waals surface area contributed by atoms with Crippen LogP contribution in [-0.4, -0.2) is 7.85 Å². The molecular formula is C20H19BBrN. The lowest BCUT2D eigenvalue weighted by Crippen LogP contribution is -2.17. The van der Waals surface area contributed by atoms with Crippen molar-refractivity contribution in [1.29, 1.82) is 0 Å². The Morgan fingerprint density at radius 1 is 1.09 bits per heavy atom. The molecule has 2 aromatic rings. The van der Waals surface area contributed by atoms with Crippen LogP contribution in [0.25, 0.3) is 0 Å². The summed E-state index contributed by atoms with van der Waals surface area (Å²) in [5.74, 6) is 0. The van der Waals surface area contributed by atoms with Crippen LogP contribution in [0.15, 0.2) is 70.9 Å². The van der Waals surface area contributed by atoms with E-state index in [0.29, 0.717) is 6.32 Å². The summed E-state index contributed by atoms with van der Waals surface area (Å²) in [4.78, 5) is 2.28. The van der Waals surface area contributed by atoms with Crippen LogP contribution >= 0.6 is 15.9 Å². The minimum Gasteiger partial charge on any atom is -0.311 e. The zero-order chi connectivity index (χ0) is 16.2. The van der Waals surface area contributed by atoms with Gasteiger partial charge < -0.3 is 4.90 Å². The number of allylic oxidation sites excluding steroid dienone is 3. The third-order valence-corrected chi connectivity index (χ3v) is 4.70. The first-order valence-electron chi connectivity index (χ1n) is 7.93. The van der Waals surface area contributed by atoms with Crippen LogP contribution in [0.2, 0.25) is 6.32 Å². The number of aryl methyl sites for hydroxylation is 2. The van der Waals surface area contributed by atoms with Crippen molar-refractivity contribution in [3.63, 3.8) is 0 Å². The van der Waals surface area contributed by atoms with Gasteiger partial charge in [0.1, 0.15) is 0 Å². The minimum absolute atomic E-state index is 0.537. The van der Waals surface area contributed by atoms with Gasteiger partial charge in [-0.15, -0.1) is 0 Å². The van der Waals surface area contributed by atoms with Gasteiger partial charge in [0.2, 0.25) is 0 Å². The number of nitrogens with zero attached hydrogens (tertiary/aromatic N) is 1. The Hall–Kier alpha value is -1.74. The van der Waals surface area contributed by atoms with Crippen molar-refractivity contribution in [3.8, 4) is 0 Å². The first kappa shape index (κ1) is 16.1. The van der Waals surface area contributed by atoms with Gasteiger partial charge in [0.25, 0.3) is 0 Å². The van der Waals surface area contributed by atoms with Gasteiger partial charge in [0, 0.05) is 21.5 Å². The minimum atomic E-state index is 0.537. The van der Waals surface area contributed by atoms with Crippen molar-refractivity contribution in [2.75, 3.05) is 4.90 Å². The van der Waals surface area contributed by atoms with Crippen LogP contribution in [0.4, 0.5) is 11.4 Å². The first-order valence-corrected chi connectivity index (χ1v) is 8.72. The summed E-state index contributed by atoms with van der Waals surface area (Å²) in [6.07, 6.45) is 9.12. The average Bonchev–Trinajstić information content (AvgIpc) is 2.54. The van der Waals surface area contributed by atoms with E-state index in [4.69, 9.17) is 7.85 Å². The molecule has 0 bridgehead atoms. The van der Waals surface area contributed by atoms with E-state index in [1.807, 2.05) is 6.08 Å². The smallest absolute Gasteiger partial charge is 0.0708 e. The Morgan fingerprint density at radius 3 is 2.35 bits per heavy atom. The van der Waals surface area contributed by atoms with Gasteiger partial charge in [0.15, 0.2) is 0 Å². The Balaban J connectivity index is 2.06. The lowest BCUT2D eigenvalue weighted by Gasteiger charge is -2.29. The van der Waals surface area contributed by atoms with Crippen molar-refractivity contribution in [2.24, 2.45) is 0 Å². The largest absolute Gasteiger partial charge is 0.311 e. The average molecular weight is 364 g/mol. The summed E-state index contributed by atoms with van der Waals surface area (Å²) in [5.41, 5.74) is 6.40. The summed E-state index contributed by atoms with van der Waals surface area (Å²) in [7, 11) is 5.64. The summed E-state index contributed by atoms with van der Waals surface area (Å²) in [5, 5.41) is 0. The highest BCUT2D eigenvalue weighted by Gasteiger charge is 2.18. The molecule has 0 aromatic heterocycles. The molecule has 3 heteroatoms. The van der Waals surface area contributed by atoms with Crippen molar-refractivity contribution in [1.82, 2.24) is 0 Å². The molecule has 114 valence electrons. The Labute approximate surface area is 148 Å². The molecule has 2 radical (unpaired) electrons. The molecule has 0 spiro atoms. The second kappa shape index (κ2) is 7.22. The molecule has 0 heterocycles. The number of halogens is 1. The van der Waals surface area contributed by atoms with Crippen molar-refractivity contribution < 1.29 is 0 Å². The number of hydrogen-bond acceptors (Lipinski definition) is 1. The lowest BCUT2D eigenvalue weighted by atomic mass is 9.88. The van der Waals surface area contributed by atoms with Gasteiger partial charge in [-0.2, -0.15) is 0 Å². The summed E-state index contributed by atoms with van der Waals surface area (Å²) in [6, 6.07) is 15.2. The Bertz CT molecular complexity index is 747. The molecule has 1 aliphatic rings. The molecule has 0 fully saturated rings. The second-order valence-corrected chi connectivity index (χ2v) is 6.53. The fourth-order valence-corrected chi connectivity index (χ4v) is 3.11. The van der Waals surface area contributed by atoms with Crippen LogP contribution in [0.5, 0.6) is 0 Å². The molecule has 0 unspecified atom stereocenters. The van der Waals surface area contributed by atoms with E-state index in [2.05, 4.69) is 82.4 Å². The molecule has 2 aromatic carbocycles. The van der Waals surface area contributed by atoms with E-state index in [1.54, 1.807) is 0 Å². The second-order valence-electron chi connectivity index (χ2n) is 5.62. The lowest BCUT2D eigenvalue weighted by molar-refractivity contribution is 0.838. The number of anilines is 2. The van der Waals surface area contributed by atoms with Gasteiger partial charge in [-0.25, -0.2) is 0 Å². The topological polar surface area (TPSA) is 3.24 Å². The highest BCUT2D eigenvalue weighted by atomic mass is 79.9. The zero-order valence-corrected chi connectivity index (χ0v) is 14.9. The maximum absolute atomic E-state index is 5.64. The van der Waals surface area contributed by atoms with Crippen LogP contribution in [0, 0.1) is 0 Å². The van der Waals surface area contributed by atoms with Crippen molar-refractivity contribution >= 4 is 35.2 Å². The van der Waals surface area contributed by atoms with Crippen LogP contribution < -0.4 is 4.90 Å². The van der Waals surface area contributed by atoms with Gasteiger partial charge in [-0.3, -0.25) is 0 Å². The summed E-state index contributed by atoms with van der Waals surface area (Å²) < 4.78 is 1.08. The number of rotatable bonds is 5. The maximum atomic E-state index is 5.64. The number of benzene rings is 2. The Kier molecular flexibility index (Phi) is 5.07. The molecule has 0 saturated carbocycles. The molecule has 0 saturated heterocycles. The Morgan fingerprint density at radius 2 is 1.78 bits per heavy atom. The molecule has 1 aliphatic carbocycles. The monoisotopic (exact) mass is 363 g/mol. The highest BCUT2D eigenvalue weighted by molar-refractivity contribution is 9.10. The molecule has 0 N–H and O–H groups in total. The molecule has 0 aliphatic heterocycles. The van der Waals surface area contributed by atoms with E-state index in [0.717, 1.165) is 15.9 Å². The SMILES string of the molecule is [B]C/C=C\C(=C/C)N(c1ccc(Br)cc1)c1ccc2c(c1)CC2. The van der Waals surface area contributed by atoms with E-state index in [9.17, 15) is 0 Å². The van der Waals surface area contributed by atoms with Gasteiger partial charge in [0.05, 0.1) is 7.85 Å². The third-order valence-electron chi connectivity index (χ3n) is 4.18. The van der Waals surface area contributed by atoms with Gasteiger partial charge in [-0.05, 0) is 73.4 Å². The third kappa shape index (κ3) is 3.45. The standard InChI is InChI=1S/C20H19BBrN/c1-2-18(4-3-13-21)23(19-11-8-17(22)9-12-19)20-10-7-15-5-6-16(15)14-20/h2-4,7-12,14H,5-6,13H2,1H3/b4-3-,18-2+. The summed E-state index contributed by atoms with van der Waals surface area (Å²) >= 11 is 3.51. The van der Waals surface area contributed by atoms with Gasteiger partial charge in [-0.1, -0.05) is 40.5 Å². The highest BCUT2D eigenvalue weighted by Crippen LogP contribution is 2.35. The van der Waals surface area contributed by atoms with E-state index in [-0.39, 0.29) is 0 Å². The fraction of sp³-hybridized carbons (Fsp3) is 0.200. The molecule has 23 heavy (non-hydrogen) atoms. The molecular weight excluding hydrogens is 345 g/mol. The van der Waals surface area contributed by atoms with E-state index in [1.165, 1.54) is 29.7 Å². The van der Waals surface area contributed by atoms with Gasteiger partial charge >= 0.3 is 0 Å². The maximum Gasteiger partial charge on any atom is 0.0708 e. The van der Waals surface area contributed by atoms with Crippen LogP contribution in [-0.2, 0) is 12.8 Å². The molecule has 0 atom stereocenters. The van der Waals surface area contributed by atoms with Crippen LogP contribution in [0.1, 0.15) is 18.1 Å². The predicted octanol–water partition coefficient (Wildman–Crippen LogP) is 5.73. The van der Waals surface area contributed by atoms with Crippen molar-refractivity contribution in [2.45, 2.75) is 26.1 Å². The first-order chi connectivity index (χ1) is 11.2. The van der Waals surface area contributed by atoms with Crippen molar-refractivity contribution in [3.05, 3.63) is 82.0 Å². The zero-order valence-electron chi connectivity index (χ0n) is 13.3. The summed E-state index contributed by atoms with van der Waals surface area (Å²) in [6.45, 7) is 2.06. The quantitative estimate of drug-likeness (QED) is 0.484. The number of hydrogen-bond donors (Lipinski definition) is 0. The fourth-order valence-electron chi connectivity index (χ4n) is 2.85. The normalized spacial score (nSPS) is 13.7. The molecule has 3 rings (SSSR count). The number of fused-ring (bicyclic) bond motifs is 1.